The van der Waals surface area contributed by atoms with Crippen LogP contribution < -0.4 is 0 Å². The largest absolute Gasteiger partial charge is 0.335 e. The summed E-state index contributed by atoms with van der Waals surface area (Å²) in [5.41, 5.74) is 6.74. The summed E-state index contributed by atoms with van der Waals surface area (Å²) in [4.78, 5) is 29.0. The minimum Gasteiger partial charge on any atom is -0.335 e. The molecule has 0 saturated carbocycles. The first-order chi connectivity index (χ1) is 14.4. The zero-order valence-electron chi connectivity index (χ0n) is 17.6. The van der Waals surface area contributed by atoms with E-state index in [-0.39, 0.29) is 18.4 Å². The Kier molecular flexibility index (Phi) is 5.40. The van der Waals surface area contributed by atoms with Gasteiger partial charge < -0.3 is 9.80 Å². The predicted octanol–water partition coefficient (Wildman–Crippen LogP) is 3.49. The van der Waals surface area contributed by atoms with Crippen molar-refractivity contribution < 1.29 is 9.59 Å². The Balaban J connectivity index is 1.41. The van der Waals surface area contributed by atoms with Gasteiger partial charge in [0.05, 0.1) is 5.69 Å². The molecule has 1 aliphatic heterocycles. The van der Waals surface area contributed by atoms with Gasteiger partial charge in [0.25, 0.3) is 5.91 Å². The Hall–Kier alpha value is -3.41. The number of nitrogens with one attached hydrogen (secondary N) is 1. The van der Waals surface area contributed by atoms with E-state index in [9.17, 15) is 9.59 Å². The zero-order valence-corrected chi connectivity index (χ0v) is 17.6. The fourth-order valence-corrected chi connectivity index (χ4v) is 3.90. The predicted molar refractivity (Wildman–Crippen MR) is 116 cm³/mol. The molecule has 1 aliphatic rings. The van der Waals surface area contributed by atoms with Gasteiger partial charge >= 0.3 is 0 Å². The minimum atomic E-state index is -0.194. The number of carbonyl (C=O) groups is 2. The first-order valence-corrected chi connectivity index (χ1v) is 10.2. The number of H-pyrrole nitrogens is 1. The number of piperazine rings is 1. The van der Waals surface area contributed by atoms with Gasteiger partial charge in [0, 0.05) is 25.2 Å². The van der Waals surface area contributed by atoms with Crippen molar-refractivity contribution in [3.63, 3.8) is 0 Å². The third-order valence-corrected chi connectivity index (χ3v) is 5.42. The molecule has 4 rings (SSSR count). The summed E-state index contributed by atoms with van der Waals surface area (Å²) in [5.74, 6) is -0.229. The molecule has 2 heterocycles. The Morgan fingerprint density at radius 3 is 2.33 bits per heavy atom. The Morgan fingerprint density at radius 2 is 1.67 bits per heavy atom. The molecule has 0 aliphatic carbocycles. The number of aromatic nitrogens is 2. The number of hydrogen-bond acceptors (Lipinski definition) is 3. The van der Waals surface area contributed by atoms with Crippen LogP contribution in [-0.2, 0) is 11.3 Å². The van der Waals surface area contributed by atoms with Crippen LogP contribution in [0.3, 0.4) is 0 Å². The molecule has 0 atom stereocenters. The smallest absolute Gasteiger partial charge is 0.272 e. The van der Waals surface area contributed by atoms with Gasteiger partial charge in [0.1, 0.15) is 12.2 Å². The molecule has 1 N–H and O–H groups in total. The van der Waals surface area contributed by atoms with Crippen LogP contribution in [0.25, 0.3) is 11.3 Å². The number of rotatable bonds is 4. The SMILES string of the molecule is Cc1ccc(-c2cc(C(=O)N3CCN(Cc4cc(C)cc(C)c4)C(=O)C3)[nH]n2)cc1. The normalized spacial score (nSPS) is 14.3. The quantitative estimate of drug-likeness (QED) is 0.726. The Morgan fingerprint density at radius 1 is 0.967 bits per heavy atom. The summed E-state index contributed by atoms with van der Waals surface area (Å²) < 4.78 is 0. The monoisotopic (exact) mass is 402 g/mol. The highest BCUT2D eigenvalue weighted by Gasteiger charge is 2.28. The van der Waals surface area contributed by atoms with Crippen molar-refractivity contribution in [1.29, 1.82) is 0 Å². The first kappa shape index (κ1) is 19.9. The molecule has 2 aromatic carbocycles. The maximum absolute atomic E-state index is 12.9. The molecule has 1 saturated heterocycles. The van der Waals surface area contributed by atoms with Crippen LogP contribution in [-0.4, -0.2) is 51.4 Å². The summed E-state index contributed by atoms with van der Waals surface area (Å²) in [6, 6.07) is 16.1. The number of hydrogen-bond donors (Lipinski definition) is 1. The van der Waals surface area contributed by atoms with E-state index in [1.165, 1.54) is 16.7 Å². The molecule has 6 nitrogen and oxygen atoms in total. The van der Waals surface area contributed by atoms with Crippen LogP contribution in [0.15, 0.2) is 48.5 Å². The molecule has 0 spiro atoms. The van der Waals surface area contributed by atoms with Gasteiger partial charge in [-0.05, 0) is 32.4 Å². The second-order valence-corrected chi connectivity index (χ2v) is 8.07. The van der Waals surface area contributed by atoms with E-state index in [0.29, 0.717) is 25.3 Å². The van der Waals surface area contributed by atoms with Crippen LogP contribution in [0.4, 0.5) is 0 Å². The average molecular weight is 402 g/mol. The third kappa shape index (κ3) is 4.27. The number of aromatic amines is 1. The molecule has 154 valence electrons. The van der Waals surface area contributed by atoms with Crippen molar-refractivity contribution in [1.82, 2.24) is 20.0 Å². The molecule has 0 unspecified atom stereocenters. The van der Waals surface area contributed by atoms with Crippen LogP contribution in [0.5, 0.6) is 0 Å². The van der Waals surface area contributed by atoms with Crippen molar-refractivity contribution >= 4 is 11.8 Å². The maximum Gasteiger partial charge on any atom is 0.272 e. The van der Waals surface area contributed by atoms with Crippen LogP contribution in [0.2, 0.25) is 0 Å². The Labute approximate surface area is 176 Å². The number of aryl methyl sites for hydroxylation is 3. The van der Waals surface area contributed by atoms with E-state index in [1.807, 2.05) is 36.1 Å². The highest BCUT2D eigenvalue weighted by molar-refractivity contribution is 5.96. The highest BCUT2D eigenvalue weighted by atomic mass is 16.2. The lowest BCUT2D eigenvalue weighted by Gasteiger charge is -2.34. The van der Waals surface area contributed by atoms with E-state index in [1.54, 1.807) is 11.0 Å². The van der Waals surface area contributed by atoms with Crippen LogP contribution in [0, 0.1) is 20.8 Å². The highest BCUT2D eigenvalue weighted by Crippen LogP contribution is 2.20. The van der Waals surface area contributed by atoms with Gasteiger partial charge in [-0.2, -0.15) is 5.10 Å². The van der Waals surface area contributed by atoms with Gasteiger partial charge in [-0.3, -0.25) is 14.7 Å². The molecule has 1 fully saturated rings. The van der Waals surface area contributed by atoms with Crippen LogP contribution >= 0.6 is 0 Å². The molecule has 0 radical (unpaired) electrons. The molecular weight excluding hydrogens is 376 g/mol. The van der Waals surface area contributed by atoms with E-state index in [2.05, 4.69) is 42.2 Å². The lowest BCUT2D eigenvalue weighted by atomic mass is 10.1. The molecule has 0 bridgehead atoms. The van der Waals surface area contributed by atoms with Crippen LogP contribution in [0.1, 0.15) is 32.7 Å². The second kappa shape index (κ2) is 8.14. The minimum absolute atomic E-state index is 0.0352. The lowest BCUT2D eigenvalue weighted by Crippen LogP contribution is -2.51. The molecule has 3 aromatic rings. The summed E-state index contributed by atoms with van der Waals surface area (Å²) in [5, 5.41) is 7.10. The van der Waals surface area contributed by atoms with E-state index in [0.717, 1.165) is 16.8 Å². The Bertz CT molecular complexity index is 1060. The molecule has 2 amide bonds. The number of carbonyl (C=O) groups excluding carboxylic acids is 2. The summed E-state index contributed by atoms with van der Waals surface area (Å²) in [7, 11) is 0. The second-order valence-electron chi connectivity index (χ2n) is 8.07. The standard InChI is InChI=1S/C24H26N4O2/c1-16-4-6-20(7-5-16)21-13-22(26-25-21)24(30)28-9-8-27(23(29)15-28)14-19-11-17(2)10-18(3)12-19/h4-7,10-13H,8-9,14-15H2,1-3H3,(H,25,26). The summed E-state index contributed by atoms with van der Waals surface area (Å²) >= 11 is 0. The van der Waals surface area contributed by atoms with E-state index < -0.39 is 0 Å². The molecule has 1 aromatic heterocycles. The summed E-state index contributed by atoms with van der Waals surface area (Å²) in [6.45, 7) is 7.84. The zero-order chi connectivity index (χ0) is 21.3. The average Bonchev–Trinajstić information content (AvgIpc) is 3.19. The fraction of sp³-hybridized carbons (Fsp3) is 0.292. The number of nitrogens with zero attached hydrogens (tertiary/aromatic N) is 3. The van der Waals surface area contributed by atoms with Crippen molar-refractivity contribution in [2.45, 2.75) is 27.3 Å². The number of amides is 2. The molecule has 6 heteroatoms. The topological polar surface area (TPSA) is 69.3 Å². The molecule has 30 heavy (non-hydrogen) atoms. The van der Waals surface area contributed by atoms with Gasteiger partial charge in [-0.1, -0.05) is 59.2 Å². The van der Waals surface area contributed by atoms with Crippen molar-refractivity contribution in [2.75, 3.05) is 19.6 Å². The van der Waals surface area contributed by atoms with Gasteiger partial charge in [-0.25, -0.2) is 0 Å². The summed E-state index contributed by atoms with van der Waals surface area (Å²) in [6.07, 6.45) is 0. The first-order valence-electron chi connectivity index (χ1n) is 10.2. The maximum atomic E-state index is 12.9. The van der Waals surface area contributed by atoms with Crippen molar-refractivity contribution in [3.8, 4) is 11.3 Å². The van der Waals surface area contributed by atoms with Gasteiger partial charge in [-0.15, -0.1) is 0 Å². The lowest BCUT2D eigenvalue weighted by molar-refractivity contribution is -0.135. The fourth-order valence-electron chi connectivity index (χ4n) is 3.90. The van der Waals surface area contributed by atoms with Gasteiger partial charge in [0.2, 0.25) is 5.91 Å². The van der Waals surface area contributed by atoms with Crippen molar-refractivity contribution in [2.24, 2.45) is 0 Å². The van der Waals surface area contributed by atoms with Gasteiger partial charge in [0.15, 0.2) is 0 Å². The van der Waals surface area contributed by atoms with E-state index >= 15 is 0 Å². The van der Waals surface area contributed by atoms with Crippen molar-refractivity contribution in [3.05, 3.63) is 76.5 Å². The molecular formula is C24H26N4O2. The number of benzene rings is 2. The van der Waals surface area contributed by atoms with E-state index in [4.69, 9.17) is 0 Å². The third-order valence-electron chi connectivity index (χ3n) is 5.42.